The molecule has 1 amide bonds. The maximum atomic E-state index is 13.5. The lowest BCUT2D eigenvalue weighted by Crippen LogP contribution is -2.39. The molecule has 0 saturated heterocycles. The van der Waals surface area contributed by atoms with E-state index < -0.39 is 29.8 Å². The summed E-state index contributed by atoms with van der Waals surface area (Å²) >= 11 is 0. The highest BCUT2D eigenvalue weighted by Gasteiger charge is 2.41. The lowest BCUT2D eigenvalue weighted by molar-refractivity contribution is -0.189. The SMILES string of the molecule is CC#CCOc1cc(OC)c(OC)cc1C(N/N=C(\N)c1ccccc1OC(=O)C(F)(F)F)C(=O)NNc1ccccc1. The Balaban J connectivity index is 2.03. The predicted octanol–water partition coefficient (Wildman–Crippen LogP) is 3.67. The first-order chi connectivity index (χ1) is 20.6. The Bertz CT molecular complexity index is 1520. The van der Waals surface area contributed by atoms with E-state index >= 15 is 0 Å². The minimum absolute atomic E-state index is 0.0288. The molecular formula is C29H28F3N5O6. The molecule has 0 heterocycles. The smallest absolute Gasteiger partial charge is 0.491 e. The maximum absolute atomic E-state index is 13.5. The molecule has 5 N–H and O–H groups in total. The van der Waals surface area contributed by atoms with Crippen LogP contribution in [0.3, 0.4) is 0 Å². The summed E-state index contributed by atoms with van der Waals surface area (Å²) in [4.78, 5) is 25.0. The molecule has 14 heteroatoms. The van der Waals surface area contributed by atoms with Crippen LogP contribution in [0.1, 0.15) is 24.1 Å². The standard InChI is InChI=1S/C29H28F3N5O6/c1-4-5-15-42-22-17-24(41-3)23(40-2)16-20(22)25(27(38)37-34-18-11-7-6-8-12-18)35-36-26(33)19-13-9-10-14-21(19)43-28(39)29(30,31)32/h6-14,16-17,25,34-35H,15H2,1-3H3,(H2,33,36)(H,37,38). The fourth-order valence-electron chi connectivity index (χ4n) is 3.53. The van der Waals surface area contributed by atoms with Gasteiger partial charge >= 0.3 is 12.1 Å². The van der Waals surface area contributed by atoms with Gasteiger partial charge in [-0.3, -0.25) is 21.1 Å². The van der Waals surface area contributed by atoms with E-state index in [9.17, 15) is 22.8 Å². The third-order valence-corrected chi connectivity index (χ3v) is 5.58. The molecule has 3 rings (SSSR count). The number of alkyl halides is 3. The van der Waals surface area contributed by atoms with Crippen LogP contribution in [-0.2, 0) is 9.59 Å². The first kappa shape index (κ1) is 31.9. The van der Waals surface area contributed by atoms with E-state index in [1.165, 1.54) is 44.6 Å². The van der Waals surface area contributed by atoms with Gasteiger partial charge in [-0.25, -0.2) is 4.79 Å². The largest absolute Gasteiger partial charge is 0.493 e. The molecule has 1 atom stereocenters. The van der Waals surface area contributed by atoms with Crippen molar-refractivity contribution in [3.05, 3.63) is 77.9 Å². The zero-order valence-corrected chi connectivity index (χ0v) is 23.2. The molecule has 3 aromatic carbocycles. The van der Waals surface area contributed by atoms with Crippen LogP contribution in [-0.4, -0.2) is 44.7 Å². The van der Waals surface area contributed by atoms with Gasteiger partial charge in [-0.1, -0.05) is 36.3 Å². The molecular weight excluding hydrogens is 571 g/mol. The number of hydrazone groups is 1. The Labute approximate surface area is 245 Å². The lowest BCUT2D eigenvalue weighted by Gasteiger charge is -2.22. The van der Waals surface area contributed by atoms with E-state index in [2.05, 4.69) is 38.0 Å². The van der Waals surface area contributed by atoms with Crippen LogP contribution in [0.2, 0.25) is 0 Å². The van der Waals surface area contributed by atoms with Crippen LogP contribution in [0.25, 0.3) is 0 Å². The van der Waals surface area contributed by atoms with Gasteiger partial charge in [-0.15, -0.1) is 5.92 Å². The number of hydrogen-bond donors (Lipinski definition) is 4. The second-order valence-corrected chi connectivity index (χ2v) is 8.38. The summed E-state index contributed by atoms with van der Waals surface area (Å²) in [5.74, 6) is 2.21. The van der Waals surface area contributed by atoms with E-state index in [0.29, 0.717) is 11.4 Å². The summed E-state index contributed by atoms with van der Waals surface area (Å²) in [5, 5.41) is 4.04. The second kappa shape index (κ2) is 14.9. The van der Waals surface area contributed by atoms with Crippen LogP contribution < -0.4 is 41.0 Å². The molecule has 3 aromatic rings. The first-order valence-electron chi connectivity index (χ1n) is 12.4. The lowest BCUT2D eigenvalue weighted by atomic mass is 10.0. The van der Waals surface area contributed by atoms with Crippen molar-refractivity contribution in [3.63, 3.8) is 0 Å². The van der Waals surface area contributed by atoms with Crippen molar-refractivity contribution in [2.45, 2.75) is 19.1 Å². The van der Waals surface area contributed by atoms with Crippen molar-refractivity contribution >= 4 is 23.4 Å². The van der Waals surface area contributed by atoms with E-state index in [1.54, 1.807) is 37.3 Å². The number of nitrogens with two attached hydrogens (primary N) is 1. The number of amidine groups is 1. The number of carbonyl (C=O) groups is 2. The number of esters is 1. The van der Waals surface area contributed by atoms with Crippen molar-refractivity contribution in [2.24, 2.45) is 10.8 Å². The number of hydrogen-bond acceptors (Lipinski definition) is 9. The molecule has 0 aliphatic carbocycles. The van der Waals surface area contributed by atoms with Gasteiger partial charge in [-0.05, 0) is 37.3 Å². The normalized spacial score (nSPS) is 11.7. The van der Waals surface area contributed by atoms with Crippen LogP contribution in [0.4, 0.5) is 18.9 Å². The van der Waals surface area contributed by atoms with Crippen molar-refractivity contribution in [3.8, 4) is 34.8 Å². The third-order valence-electron chi connectivity index (χ3n) is 5.58. The Morgan fingerprint density at radius 2 is 1.60 bits per heavy atom. The number of para-hydroxylation sites is 2. The van der Waals surface area contributed by atoms with E-state index in [1.807, 2.05) is 0 Å². The Morgan fingerprint density at radius 3 is 2.26 bits per heavy atom. The van der Waals surface area contributed by atoms with Crippen LogP contribution in [0.5, 0.6) is 23.0 Å². The van der Waals surface area contributed by atoms with Crippen molar-refractivity contribution in [1.29, 1.82) is 0 Å². The second-order valence-electron chi connectivity index (χ2n) is 8.38. The number of methoxy groups -OCH3 is 2. The topological polar surface area (TPSA) is 146 Å². The first-order valence-corrected chi connectivity index (χ1v) is 12.4. The molecule has 0 saturated carbocycles. The van der Waals surface area contributed by atoms with Gasteiger partial charge in [0.15, 0.2) is 23.4 Å². The van der Waals surface area contributed by atoms with Crippen molar-refractivity contribution < 1.29 is 41.7 Å². The minimum atomic E-state index is -5.24. The highest BCUT2D eigenvalue weighted by Crippen LogP contribution is 2.38. The van der Waals surface area contributed by atoms with Crippen LogP contribution >= 0.6 is 0 Å². The summed E-state index contributed by atoms with van der Waals surface area (Å²) < 4.78 is 59.5. The molecule has 0 aliphatic heterocycles. The van der Waals surface area contributed by atoms with Crippen LogP contribution in [0.15, 0.2) is 71.8 Å². The monoisotopic (exact) mass is 599 g/mol. The minimum Gasteiger partial charge on any atom is -0.493 e. The summed E-state index contributed by atoms with van der Waals surface area (Å²) in [5.41, 5.74) is 14.7. The van der Waals surface area contributed by atoms with Gasteiger partial charge in [0.1, 0.15) is 18.1 Å². The summed E-state index contributed by atoms with van der Waals surface area (Å²) in [7, 11) is 2.83. The van der Waals surface area contributed by atoms with Crippen LogP contribution in [0, 0.1) is 11.8 Å². The van der Waals surface area contributed by atoms with Gasteiger partial charge in [0, 0.05) is 11.6 Å². The number of amides is 1. The fourth-order valence-corrected chi connectivity index (χ4v) is 3.53. The van der Waals surface area contributed by atoms with Gasteiger partial charge in [0.25, 0.3) is 5.91 Å². The highest BCUT2D eigenvalue weighted by atomic mass is 19.4. The quantitative estimate of drug-likeness (QED) is 0.0612. The molecule has 0 spiro atoms. The number of hydrazine groups is 1. The van der Waals surface area contributed by atoms with E-state index in [-0.39, 0.29) is 35.1 Å². The summed E-state index contributed by atoms with van der Waals surface area (Å²) in [6.07, 6.45) is -5.24. The molecule has 11 nitrogen and oxygen atoms in total. The number of carbonyl (C=O) groups excluding carboxylic acids is 2. The molecule has 43 heavy (non-hydrogen) atoms. The Morgan fingerprint density at radius 1 is 0.953 bits per heavy atom. The number of ether oxygens (including phenoxy) is 4. The summed E-state index contributed by atoms with van der Waals surface area (Å²) in [6, 6.07) is 15.6. The average molecular weight is 600 g/mol. The number of nitrogens with zero attached hydrogens (tertiary/aromatic N) is 1. The van der Waals surface area contributed by atoms with Gasteiger partial charge in [0.2, 0.25) is 0 Å². The zero-order chi connectivity index (χ0) is 31.4. The molecule has 1 unspecified atom stereocenters. The van der Waals surface area contributed by atoms with Gasteiger partial charge < -0.3 is 24.7 Å². The fraction of sp³-hybridized carbons (Fsp3) is 0.207. The predicted molar refractivity (Wildman–Crippen MR) is 151 cm³/mol. The van der Waals surface area contributed by atoms with Gasteiger partial charge in [-0.2, -0.15) is 18.3 Å². The van der Waals surface area contributed by atoms with Crippen molar-refractivity contribution in [1.82, 2.24) is 10.9 Å². The molecule has 226 valence electrons. The Kier molecular flexibility index (Phi) is 11.1. The van der Waals surface area contributed by atoms with E-state index in [4.69, 9.17) is 19.9 Å². The molecule has 0 bridgehead atoms. The summed E-state index contributed by atoms with van der Waals surface area (Å²) in [6.45, 7) is 1.60. The van der Waals surface area contributed by atoms with Crippen molar-refractivity contribution in [2.75, 3.05) is 26.3 Å². The zero-order valence-electron chi connectivity index (χ0n) is 23.2. The number of rotatable bonds is 12. The van der Waals surface area contributed by atoms with Gasteiger partial charge in [0.05, 0.1) is 25.5 Å². The Hall–Kier alpha value is -5.58. The molecule has 0 aromatic heterocycles. The molecule has 0 fully saturated rings. The number of benzene rings is 3. The third kappa shape index (κ3) is 8.70. The molecule has 0 radical (unpaired) electrons. The molecule has 0 aliphatic rings. The highest BCUT2D eigenvalue weighted by molar-refractivity contribution is 6.00. The number of nitrogens with one attached hydrogen (secondary N) is 3. The maximum Gasteiger partial charge on any atom is 0.491 e. The number of anilines is 1. The average Bonchev–Trinajstić information content (AvgIpc) is 3.00. The number of halogens is 3. The van der Waals surface area contributed by atoms with E-state index in [0.717, 1.165) is 6.07 Å².